The van der Waals surface area contributed by atoms with Crippen LogP contribution in [-0.4, -0.2) is 63.2 Å². The zero-order valence-corrected chi connectivity index (χ0v) is 58.6. The van der Waals surface area contributed by atoms with Crippen LogP contribution in [0.15, 0.2) is 242 Å². The van der Waals surface area contributed by atoms with Crippen LogP contribution in [0.5, 0.6) is 0 Å². The van der Waals surface area contributed by atoms with E-state index in [-0.39, 0.29) is 60.9 Å². The molecule has 4 aromatic heterocycles. The number of imidazole rings is 2. The molecule has 12 nitrogen and oxygen atoms in total. The molecule has 508 valence electrons. The number of amides is 2. The number of Topliss-reactive ketones (excluding diaryl/α,β-unsaturated/α-hetero) is 1. The zero-order valence-electron chi connectivity index (χ0n) is 57.0. The highest BCUT2D eigenvalue weighted by atomic mass is 32.1. The number of rotatable bonds is 23. The summed E-state index contributed by atoms with van der Waals surface area (Å²) in [7, 11) is 0. The van der Waals surface area contributed by atoms with Gasteiger partial charge in [-0.15, -0.1) is 22.7 Å². The summed E-state index contributed by atoms with van der Waals surface area (Å²) < 4.78 is 8.43. The van der Waals surface area contributed by atoms with Crippen LogP contribution in [0.4, 0.5) is 0 Å². The smallest absolute Gasteiger partial charge is 0.306 e. The normalized spacial score (nSPS) is 14.9. The van der Waals surface area contributed by atoms with Gasteiger partial charge in [0, 0.05) is 46.4 Å². The Morgan fingerprint density at radius 1 is 0.495 bits per heavy atom. The third-order valence-electron chi connectivity index (χ3n) is 20.2. The Morgan fingerprint density at radius 2 is 0.921 bits per heavy atom. The molecule has 0 unspecified atom stereocenters. The first kappa shape index (κ1) is 67.8. The lowest BCUT2D eigenvalue weighted by Crippen LogP contribution is -2.38. The number of nitrogens with one attached hydrogen (secondary N) is 5. The first-order valence-corrected chi connectivity index (χ1v) is 37.3. The minimum atomic E-state index is -0.658. The van der Waals surface area contributed by atoms with Crippen molar-refractivity contribution in [1.82, 2.24) is 35.9 Å². The van der Waals surface area contributed by atoms with Gasteiger partial charge in [-0.3, -0.25) is 19.2 Å². The van der Waals surface area contributed by atoms with Crippen LogP contribution in [0.2, 0.25) is 0 Å². The van der Waals surface area contributed by atoms with Crippen molar-refractivity contribution in [3.63, 3.8) is 0 Å². The first-order chi connectivity index (χ1) is 49.7. The Bertz CT molecular complexity index is 4910. The van der Waals surface area contributed by atoms with Gasteiger partial charge in [-0.05, 0) is 163 Å². The predicted molar refractivity (Wildman–Crippen MR) is 409 cm³/mol. The van der Waals surface area contributed by atoms with Crippen molar-refractivity contribution in [1.29, 1.82) is 0 Å². The van der Waals surface area contributed by atoms with Crippen molar-refractivity contribution in [2.45, 2.75) is 96.1 Å². The maximum Gasteiger partial charge on any atom is 0.306 e. The topological polar surface area (TPSA) is 171 Å². The van der Waals surface area contributed by atoms with Crippen molar-refractivity contribution >= 4 is 77.6 Å². The second kappa shape index (κ2) is 31.9. The molecule has 2 amide bonds. The molecule has 14 heteroatoms. The maximum atomic E-state index is 14.6. The number of carbonyl (C=O) groups excluding carboxylic acids is 4. The standard InChI is InChI=1S/C47H39N3O3S.C38H38N4O2S.C2H6/c51-45(53-28-41-39-19-8-6-17-37(39)38-18-7-9-20-40(38)41)26-33(24-34-29-54-44-21-11-10-16-36(34)44)47(52)50-42(25-32-23-22-30-12-4-5-15-35(30)32)46-48-27-43(49-46)31-13-2-1-3-14-31;43-35(27-16-18-39-19-17-27)22-29(20-30-24-45-36-13-7-6-12-32(30)36)38(44)42-33(21-28-15-14-25-8-4-5-11-31(25)28)37-40-23-34(41-37)26-9-2-1-3-10-26;1-2/h1-21,23,27,29,33,41-42H,22,24-26,28H2,(H,48,49)(H,50,52);1-13,15,23-24,27,29,33,39H,14,16-22H2,(H,40,41)(H,42,44);1-2H3/t33-,42+;29-,33+;/m00./s1. The summed E-state index contributed by atoms with van der Waals surface area (Å²) in [6.45, 7) is 5.92. The fourth-order valence-corrected chi connectivity index (χ4v) is 16.9. The summed E-state index contributed by atoms with van der Waals surface area (Å²) in [6.07, 6.45) is 13.9. The number of carbonyl (C=O) groups is 4. The van der Waals surface area contributed by atoms with Gasteiger partial charge in [0.25, 0.3) is 0 Å². The number of nitrogens with zero attached hydrogens (tertiary/aromatic N) is 2. The molecule has 12 aromatic rings. The number of fused-ring (bicyclic) bond motifs is 7. The van der Waals surface area contributed by atoms with Crippen molar-refractivity contribution in [2.75, 3.05) is 19.7 Å². The van der Waals surface area contributed by atoms with Crippen LogP contribution in [0, 0.1) is 17.8 Å². The molecule has 101 heavy (non-hydrogen) atoms. The lowest BCUT2D eigenvalue weighted by molar-refractivity contribution is -0.147. The summed E-state index contributed by atoms with van der Waals surface area (Å²) >= 11 is 3.35. The summed E-state index contributed by atoms with van der Waals surface area (Å²) in [5.41, 5.74) is 18.1. The van der Waals surface area contributed by atoms with Crippen molar-refractivity contribution < 1.29 is 23.9 Å². The van der Waals surface area contributed by atoms with Gasteiger partial charge in [0.05, 0.1) is 48.2 Å². The van der Waals surface area contributed by atoms with E-state index in [2.05, 4.69) is 146 Å². The SMILES string of the molecule is CC.O=C(C[C@H](Cc1csc2ccccc12)C(=O)N[C@H](CC1=CCc2ccccc21)c1ncc(-c2ccccc2)[nH]1)C1CCNCC1.O=C(C[C@H](Cc1csc2ccccc12)C(=O)N[C@H](CC1=CCc2ccccc21)c1ncc(-c2ccccc2)[nH]1)OCC1c2ccccc2-c2ccccc21. The Balaban J connectivity index is 0.000000170. The Morgan fingerprint density at radius 3 is 1.42 bits per heavy atom. The quantitative estimate of drug-likeness (QED) is 0.0394. The van der Waals surface area contributed by atoms with E-state index < -0.39 is 17.9 Å². The summed E-state index contributed by atoms with van der Waals surface area (Å²) in [5.74, 6) is -0.264. The number of H-pyrrole nitrogens is 2. The van der Waals surface area contributed by atoms with Gasteiger partial charge in [-0.1, -0.05) is 220 Å². The number of thiophene rings is 2. The number of esters is 1. The monoisotopic (exact) mass is 1370 g/mol. The first-order valence-electron chi connectivity index (χ1n) is 35.5. The lowest BCUT2D eigenvalue weighted by Gasteiger charge is -2.25. The second-order valence-corrected chi connectivity index (χ2v) is 28.3. The fourth-order valence-electron chi connectivity index (χ4n) is 15.0. The van der Waals surface area contributed by atoms with E-state index in [1.54, 1.807) is 22.7 Å². The van der Waals surface area contributed by atoms with E-state index in [9.17, 15) is 19.2 Å². The average molecular weight is 1370 g/mol. The molecule has 0 radical (unpaired) electrons. The fraction of sp³-hybridized carbons (Fsp3) is 0.241. The van der Waals surface area contributed by atoms with Gasteiger partial charge < -0.3 is 30.7 Å². The molecule has 8 aromatic carbocycles. The van der Waals surface area contributed by atoms with Crippen LogP contribution in [-0.2, 0) is 49.6 Å². The van der Waals surface area contributed by atoms with E-state index in [1.807, 2.05) is 135 Å². The molecule has 3 aliphatic carbocycles. The number of allylic oxidation sites excluding steroid dienone is 2. The number of aromatic nitrogens is 4. The van der Waals surface area contributed by atoms with Gasteiger partial charge in [0.1, 0.15) is 24.0 Å². The predicted octanol–water partition coefficient (Wildman–Crippen LogP) is 18.4. The number of aromatic amines is 2. The van der Waals surface area contributed by atoms with E-state index in [1.165, 1.54) is 49.2 Å². The van der Waals surface area contributed by atoms with Crippen LogP contribution >= 0.6 is 22.7 Å². The Kier molecular flexibility index (Phi) is 21.4. The molecule has 1 aliphatic heterocycles. The second-order valence-electron chi connectivity index (χ2n) is 26.4. The van der Waals surface area contributed by atoms with E-state index in [4.69, 9.17) is 14.7 Å². The van der Waals surface area contributed by atoms with E-state index >= 15 is 0 Å². The van der Waals surface area contributed by atoms with Crippen LogP contribution in [0.1, 0.15) is 127 Å². The molecule has 0 spiro atoms. The third-order valence-corrected chi connectivity index (χ3v) is 22.2. The zero-order chi connectivity index (χ0) is 69.0. The molecule has 4 atom stereocenters. The number of benzene rings is 8. The maximum absolute atomic E-state index is 14.6. The van der Waals surface area contributed by atoms with Crippen molar-refractivity contribution in [3.05, 3.63) is 298 Å². The number of piperidine rings is 1. The average Bonchev–Trinajstić information content (AvgIpc) is 1.62. The number of hydrogen-bond donors (Lipinski definition) is 5. The summed E-state index contributed by atoms with van der Waals surface area (Å²) in [4.78, 5) is 73.0. The minimum Gasteiger partial charge on any atom is -0.465 e. The molecule has 5 heterocycles. The largest absolute Gasteiger partial charge is 0.465 e. The van der Waals surface area contributed by atoms with Crippen molar-refractivity contribution in [3.8, 4) is 33.6 Å². The molecule has 0 saturated carbocycles. The molecule has 4 aliphatic rings. The number of ether oxygens (including phenoxy) is 1. The number of hydrogen-bond acceptors (Lipinski definition) is 10. The summed E-state index contributed by atoms with van der Waals surface area (Å²) in [5, 5.41) is 16.6. The molecule has 0 bridgehead atoms. The van der Waals surface area contributed by atoms with E-state index in [0.29, 0.717) is 31.5 Å². The van der Waals surface area contributed by atoms with E-state index in [0.717, 1.165) is 105 Å². The minimum absolute atomic E-state index is 0.00946. The molecule has 5 N–H and O–H groups in total. The molecular formula is C87H83N7O5S2. The lowest BCUT2D eigenvalue weighted by atomic mass is 9.85. The third kappa shape index (κ3) is 15.5. The van der Waals surface area contributed by atoms with Gasteiger partial charge in [-0.25, -0.2) is 9.97 Å². The van der Waals surface area contributed by atoms with Crippen LogP contribution < -0.4 is 16.0 Å². The van der Waals surface area contributed by atoms with Gasteiger partial charge in [-0.2, -0.15) is 0 Å². The van der Waals surface area contributed by atoms with Gasteiger partial charge in [0.15, 0.2) is 0 Å². The summed E-state index contributed by atoms with van der Waals surface area (Å²) in [6, 6.07) is 69.4. The Hall–Kier alpha value is -10.4. The molecule has 16 rings (SSSR count). The molecule has 1 saturated heterocycles. The van der Waals surface area contributed by atoms with Gasteiger partial charge >= 0.3 is 5.97 Å². The highest BCUT2D eigenvalue weighted by molar-refractivity contribution is 7.17. The molecular weight excluding hydrogens is 1290 g/mol. The van der Waals surface area contributed by atoms with Gasteiger partial charge in [0.2, 0.25) is 11.8 Å². The molecule has 1 fully saturated rings. The highest BCUT2D eigenvalue weighted by Crippen LogP contribution is 2.45. The van der Waals surface area contributed by atoms with Crippen LogP contribution in [0.25, 0.3) is 65.0 Å². The van der Waals surface area contributed by atoms with Crippen LogP contribution in [0.3, 0.4) is 0 Å². The van der Waals surface area contributed by atoms with Crippen molar-refractivity contribution in [2.24, 2.45) is 17.8 Å². The highest BCUT2D eigenvalue weighted by Gasteiger charge is 2.35. The number of ketones is 1. The Labute approximate surface area is 598 Å².